The van der Waals surface area contributed by atoms with Crippen molar-refractivity contribution in [1.29, 1.82) is 0 Å². The normalized spacial score (nSPS) is 29.6. The van der Waals surface area contributed by atoms with E-state index < -0.39 is 29.4 Å². The number of hydrogen-bond donors (Lipinski definition) is 3. The van der Waals surface area contributed by atoms with Gasteiger partial charge in [0.25, 0.3) is 0 Å². The van der Waals surface area contributed by atoms with Gasteiger partial charge in [-0.2, -0.15) is 0 Å². The highest BCUT2D eigenvalue weighted by Gasteiger charge is 2.84. The number of fused-ring (bicyclic) bond motifs is 1. The third-order valence-electron chi connectivity index (χ3n) is 7.79. The molecule has 2 saturated heterocycles. The fourth-order valence-corrected chi connectivity index (χ4v) is 5.61. The molecule has 2 aliphatic carbocycles. The van der Waals surface area contributed by atoms with Gasteiger partial charge < -0.3 is 15.5 Å². The smallest absolute Gasteiger partial charge is 0.315 e. The summed E-state index contributed by atoms with van der Waals surface area (Å²) < 4.78 is 29.5. The summed E-state index contributed by atoms with van der Waals surface area (Å²) >= 11 is 0. The molecule has 0 bridgehead atoms. The highest BCUT2D eigenvalue weighted by Crippen LogP contribution is 2.78. The van der Waals surface area contributed by atoms with Gasteiger partial charge in [0.1, 0.15) is 11.6 Å². The van der Waals surface area contributed by atoms with Crippen molar-refractivity contribution in [3.8, 4) is 0 Å². The first-order valence-electron chi connectivity index (χ1n) is 11.5. The molecule has 0 radical (unpaired) electrons. The number of benzene rings is 2. The van der Waals surface area contributed by atoms with Crippen LogP contribution < -0.4 is 20.9 Å². The van der Waals surface area contributed by atoms with Crippen molar-refractivity contribution in [2.75, 3.05) is 18.0 Å². The molecule has 4 fully saturated rings. The summed E-state index contributed by atoms with van der Waals surface area (Å²) in [5.41, 5.74) is 1.25. The number of rotatable bonds is 5. The van der Waals surface area contributed by atoms with Crippen LogP contribution in [0.15, 0.2) is 42.5 Å². The van der Waals surface area contributed by atoms with E-state index in [1.165, 1.54) is 17.7 Å². The quantitative estimate of drug-likeness (QED) is 0.591. The number of piperidine rings is 1. The van der Waals surface area contributed by atoms with Crippen LogP contribution in [0.25, 0.3) is 0 Å². The second kappa shape index (κ2) is 7.25. The van der Waals surface area contributed by atoms with Crippen molar-refractivity contribution < 1.29 is 23.2 Å². The van der Waals surface area contributed by atoms with Gasteiger partial charge in [-0.25, -0.2) is 13.6 Å². The van der Waals surface area contributed by atoms with Crippen LogP contribution in [0.5, 0.6) is 0 Å². The van der Waals surface area contributed by atoms with Crippen molar-refractivity contribution in [3.05, 3.63) is 65.2 Å². The molecule has 9 heteroatoms. The lowest BCUT2D eigenvalue weighted by atomic mass is 9.89. The molecule has 1 atom stereocenters. The SMILES string of the molecule is O=C1CCC(c2c(F)cc(N3CC(NC(=O)NC45CC4(c4ccccc4)C5)C3)cc2F)C(=O)N1. The first-order valence-corrected chi connectivity index (χ1v) is 11.5. The Kier molecular flexibility index (Phi) is 4.49. The van der Waals surface area contributed by atoms with Crippen LogP contribution in [0.4, 0.5) is 19.3 Å². The van der Waals surface area contributed by atoms with Gasteiger partial charge in [-0.05, 0) is 37.0 Å². The number of carbonyl (C=O) groups is 3. The van der Waals surface area contributed by atoms with Gasteiger partial charge in [0.05, 0.1) is 17.5 Å². The van der Waals surface area contributed by atoms with E-state index in [0.29, 0.717) is 18.8 Å². The summed E-state index contributed by atoms with van der Waals surface area (Å²) in [4.78, 5) is 37.6. The van der Waals surface area contributed by atoms with Crippen LogP contribution >= 0.6 is 0 Å². The zero-order valence-corrected chi connectivity index (χ0v) is 18.4. The molecule has 176 valence electrons. The minimum Gasteiger partial charge on any atom is -0.367 e. The molecule has 2 aromatic carbocycles. The number of hydrogen-bond acceptors (Lipinski definition) is 4. The van der Waals surface area contributed by atoms with Crippen LogP contribution in [-0.2, 0) is 15.0 Å². The average molecular weight is 466 g/mol. The minimum atomic E-state index is -1.02. The molecule has 4 amide bonds. The van der Waals surface area contributed by atoms with Crippen LogP contribution in [0, 0.1) is 11.6 Å². The number of nitrogens with one attached hydrogen (secondary N) is 3. The molecule has 2 aliphatic heterocycles. The average Bonchev–Trinajstić information content (AvgIpc) is 3.59. The topological polar surface area (TPSA) is 90.5 Å². The van der Waals surface area contributed by atoms with E-state index in [1.54, 1.807) is 4.90 Å². The molecule has 0 aromatic heterocycles. The summed E-state index contributed by atoms with van der Waals surface area (Å²) in [6, 6.07) is 12.3. The Labute approximate surface area is 194 Å². The van der Waals surface area contributed by atoms with Crippen molar-refractivity contribution in [3.63, 3.8) is 0 Å². The first kappa shape index (κ1) is 21.1. The molecule has 3 N–H and O–H groups in total. The van der Waals surface area contributed by atoms with Crippen molar-refractivity contribution in [2.24, 2.45) is 0 Å². The zero-order valence-electron chi connectivity index (χ0n) is 18.4. The Morgan fingerprint density at radius 1 is 1.06 bits per heavy atom. The van der Waals surface area contributed by atoms with Crippen molar-refractivity contribution in [2.45, 2.75) is 48.6 Å². The fraction of sp³-hybridized carbons (Fsp3) is 0.400. The zero-order chi connectivity index (χ0) is 23.7. The van der Waals surface area contributed by atoms with Gasteiger partial charge in [-0.3, -0.25) is 14.9 Å². The Morgan fingerprint density at radius 2 is 1.74 bits per heavy atom. The van der Waals surface area contributed by atoms with Gasteiger partial charge in [-0.1, -0.05) is 30.3 Å². The molecular weight excluding hydrogens is 442 g/mol. The van der Waals surface area contributed by atoms with E-state index >= 15 is 0 Å². The molecule has 6 rings (SSSR count). The highest BCUT2D eigenvalue weighted by molar-refractivity contribution is 6.01. The highest BCUT2D eigenvalue weighted by atomic mass is 19.1. The van der Waals surface area contributed by atoms with Crippen LogP contribution in [0.2, 0.25) is 0 Å². The van der Waals surface area contributed by atoms with E-state index in [-0.39, 0.29) is 41.4 Å². The van der Waals surface area contributed by atoms with Crippen molar-refractivity contribution >= 4 is 23.5 Å². The number of halogens is 2. The van der Waals surface area contributed by atoms with E-state index in [0.717, 1.165) is 12.8 Å². The Morgan fingerprint density at radius 3 is 2.38 bits per heavy atom. The molecule has 4 aliphatic rings. The Balaban J connectivity index is 1.04. The van der Waals surface area contributed by atoms with Crippen LogP contribution in [-0.4, -0.2) is 42.5 Å². The predicted molar refractivity (Wildman–Crippen MR) is 119 cm³/mol. The van der Waals surface area contributed by atoms with Gasteiger partial charge in [0.15, 0.2) is 0 Å². The molecule has 0 spiro atoms. The lowest BCUT2D eigenvalue weighted by Gasteiger charge is -2.41. The summed E-state index contributed by atoms with van der Waals surface area (Å²) in [7, 11) is 0. The molecule has 1 unspecified atom stereocenters. The maximum atomic E-state index is 14.8. The maximum Gasteiger partial charge on any atom is 0.315 e. The predicted octanol–water partition coefficient (Wildman–Crippen LogP) is 2.46. The van der Waals surface area contributed by atoms with E-state index in [2.05, 4.69) is 28.1 Å². The van der Waals surface area contributed by atoms with E-state index in [9.17, 15) is 23.2 Å². The van der Waals surface area contributed by atoms with Gasteiger partial charge in [0, 0.05) is 36.2 Å². The summed E-state index contributed by atoms with van der Waals surface area (Å²) in [5, 5.41) is 8.20. The third-order valence-corrected chi connectivity index (χ3v) is 7.79. The number of anilines is 1. The van der Waals surface area contributed by atoms with Crippen LogP contribution in [0.3, 0.4) is 0 Å². The first-order chi connectivity index (χ1) is 16.3. The number of urea groups is 1. The molecule has 2 saturated carbocycles. The van der Waals surface area contributed by atoms with Crippen LogP contribution in [0.1, 0.15) is 42.7 Å². The molecular formula is C25H24F2N4O3. The molecule has 34 heavy (non-hydrogen) atoms. The summed E-state index contributed by atoms with van der Waals surface area (Å²) in [5.74, 6) is -3.75. The molecule has 7 nitrogen and oxygen atoms in total. The summed E-state index contributed by atoms with van der Waals surface area (Å²) in [6.07, 6.45) is 2.03. The third kappa shape index (κ3) is 3.25. The standard InChI is InChI=1S/C25H24F2N4O3/c26-18-8-16(9-19(27)21(18)17-6-7-20(32)29-22(17)33)31-10-15(11-31)28-23(34)30-25-12-24(25,13-25)14-4-2-1-3-5-14/h1-5,8-9,15,17H,6-7,10-13H2,(H2,28,30,34)(H,29,32,33). The molecule has 2 heterocycles. The Hall–Kier alpha value is -3.49. The van der Waals surface area contributed by atoms with Gasteiger partial charge in [0.2, 0.25) is 11.8 Å². The lowest BCUT2D eigenvalue weighted by molar-refractivity contribution is -0.134. The monoisotopic (exact) mass is 466 g/mol. The number of carbonyl (C=O) groups excluding carboxylic acids is 3. The van der Waals surface area contributed by atoms with Gasteiger partial charge in [-0.15, -0.1) is 0 Å². The van der Waals surface area contributed by atoms with E-state index in [1.807, 2.05) is 18.2 Å². The number of amides is 4. The second-order valence-electron chi connectivity index (χ2n) is 9.91. The lowest BCUT2D eigenvalue weighted by Crippen LogP contribution is -2.61. The number of imide groups is 1. The van der Waals surface area contributed by atoms with Gasteiger partial charge >= 0.3 is 6.03 Å². The van der Waals surface area contributed by atoms with Crippen molar-refractivity contribution in [1.82, 2.24) is 16.0 Å². The minimum absolute atomic E-state index is 0.0479. The second-order valence-corrected chi connectivity index (χ2v) is 9.91. The Bertz CT molecular complexity index is 1180. The largest absolute Gasteiger partial charge is 0.367 e. The number of nitrogens with zero attached hydrogens (tertiary/aromatic N) is 1. The van der Waals surface area contributed by atoms with E-state index in [4.69, 9.17) is 0 Å². The maximum absolute atomic E-state index is 14.8. The summed E-state index contributed by atoms with van der Waals surface area (Å²) in [6.45, 7) is 0.863. The molecule has 2 aromatic rings. The fourth-order valence-electron chi connectivity index (χ4n) is 5.61.